The Morgan fingerprint density at radius 2 is 2.00 bits per heavy atom. The highest BCUT2D eigenvalue weighted by atomic mass is 79.9. The Hall–Kier alpha value is -2.09. The van der Waals surface area contributed by atoms with Gasteiger partial charge in [0.25, 0.3) is 0 Å². The number of rotatable bonds is 6. The molecule has 3 amide bonds. The summed E-state index contributed by atoms with van der Waals surface area (Å²) in [6, 6.07) is 3.81. The molecule has 0 heterocycles. The lowest BCUT2D eigenvalue weighted by Gasteiger charge is -2.09. The van der Waals surface area contributed by atoms with Gasteiger partial charge in [0.2, 0.25) is 5.91 Å². The number of hydrogen-bond acceptors (Lipinski definition) is 3. The Balaban J connectivity index is 2.55. The number of carbonyl (C=O) groups is 3. The minimum absolute atomic E-state index is 0.0669. The third-order valence-corrected chi connectivity index (χ3v) is 3.04. The van der Waals surface area contributed by atoms with Gasteiger partial charge < -0.3 is 21.5 Å². The van der Waals surface area contributed by atoms with Crippen LogP contribution in [0.5, 0.6) is 0 Å². The lowest BCUT2D eigenvalue weighted by Crippen LogP contribution is -2.30. The van der Waals surface area contributed by atoms with E-state index in [0.29, 0.717) is 23.1 Å². The lowest BCUT2D eigenvalue weighted by molar-refractivity contribution is -0.118. The normalized spacial score (nSPS) is 9.85. The molecule has 0 aliphatic heterocycles. The van der Waals surface area contributed by atoms with E-state index >= 15 is 0 Å². The summed E-state index contributed by atoms with van der Waals surface area (Å²) >= 11 is 3.21. The molecular formula is C12H14BrN3O4. The van der Waals surface area contributed by atoms with Gasteiger partial charge in [0, 0.05) is 17.4 Å². The summed E-state index contributed by atoms with van der Waals surface area (Å²) in [6.07, 6.45) is 0.636. The van der Waals surface area contributed by atoms with Crippen molar-refractivity contribution in [3.8, 4) is 0 Å². The monoisotopic (exact) mass is 343 g/mol. The highest BCUT2D eigenvalue weighted by Crippen LogP contribution is 2.23. The van der Waals surface area contributed by atoms with E-state index in [2.05, 4.69) is 26.6 Å². The van der Waals surface area contributed by atoms with Crippen molar-refractivity contribution in [2.45, 2.75) is 12.8 Å². The van der Waals surface area contributed by atoms with Gasteiger partial charge in [0.15, 0.2) is 0 Å². The quantitative estimate of drug-likeness (QED) is 0.585. The second-order valence-corrected chi connectivity index (χ2v) is 4.80. The Kier molecular flexibility index (Phi) is 5.98. The second-order valence-electron chi connectivity index (χ2n) is 3.95. The molecule has 1 rings (SSSR count). The molecule has 0 unspecified atom stereocenters. The number of carbonyl (C=O) groups excluding carboxylic acids is 2. The zero-order chi connectivity index (χ0) is 15.1. The number of benzene rings is 1. The maximum Gasteiger partial charge on any atom is 0.335 e. The minimum atomic E-state index is -1.08. The first-order valence-electron chi connectivity index (χ1n) is 5.76. The van der Waals surface area contributed by atoms with Crippen LogP contribution in [0.15, 0.2) is 22.7 Å². The maximum absolute atomic E-state index is 11.6. The molecule has 5 N–H and O–H groups in total. The van der Waals surface area contributed by atoms with Crippen molar-refractivity contribution in [3.63, 3.8) is 0 Å². The molecule has 0 spiro atoms. The number of amides is 3. The average Bonchev–Trinajstić information content (AvgIpc) is 2.37. The molecule has 108 valence electrons. The third kappa shape index (κ3) is 5.27. The molecule has 0 aliphatic carbocycles. The van der Waals surface area contributed by atoms with Gasteiger partial charge in [-0.25, -0.2) is 9.59 Å². The molecule has 7 nitrogen and oxygen atoms in total. The van der Waals surface area contributed by atoms with Gasteiger partial charge in [-0.05, 0) is 40.5 Å². The van der Waals surface area contributed by atoms with Gasteiger partial charge in [0.05, 0.1) is 11.3 Å². The number of nitrogens with two attached hydrogens (primary N) is 1. The van der Waals surface area contributed by atoms with Crippen molar-refractivity contribution < 1.29 is 19.5 Å². The molecule has 8 heteroatoms. The Labute approximate surface area is 123 Å². The minimum Gasteiger partial charge on any atom is -0.478 e. The summed E-state index contributed by atoms with van der Waals surface area (Å²) < 4.78 is 0.565. The van der Waals surface area contributed by atoms with Crippen LogP contribution in [0.3, 0.4) is 0 Å². The predicted molar refractivity (Wildman–Crippen MR) is 76.6 cm³/mol. The van der Waals surface area contributed by atoms with Gasteiger partial charge in [-0.3, -0.25) is 4.79 Å². The number of primary amides is 1. The highest BCUT2D eigenvalue weighted by molar-refractivity contribution is 9.10. The van der Waals surface area contributed by atoms with Crippen molar-refractivity contribution in [2.75, 3.05) is 11.9 Å². The fourth-order valence-electron chi connectivity index (χ4n) is 1.39. The fraction of sp³-hybridized carbons (Fsp3) is 0.250. The number of carboxylic acid groups (broad SMARTS) is 1. The summed E-state index contributed by atoms with van der Waals surface area (Å²) in [4.78, 5) is 32.9. The Morgan fingerprint density at radius 3 is 2.60 bits per heavy atom. The summed E-state index contributed by atoms with van der Waals surface area (Å²) in [6.45, 7) is 0.297. The average molecular weight is 344 g/mol. The van der Waals surface area contributed by atoms with E-state index in [-0.39, 0.29) is 12.0 Å². The third-order valence-electron chi connectivity index (χ3n) is 2.35. The van der Waals surface area contributed by atoms with Crippen LogP contribution in [0.2, 0.25) is 0 Å². The summed E-state index contributed by atoms with van der Waals surface area (Å²) in [5, 5.41) is 13.9. The second kappa shape index (κ2) is 7.49. The SMILES string of the molecule is NC(=O)CCCNC(=O)Nc1cc(C(=O)O)ccc1Br. The van der Waals surface area contributed by atoms with Gasteiger partial charge >= 0.3 is 12.0 Å². The number of aromatic carboxylic acids is 1. The van der Waals surface area contributed by atoms with Gasteiger partial charge in [-0.1, -0.05) is 0 Å². The molecule has 0 radical (unpaired) electrons. The highest BCUT2D eigenvalue weighted by Gasteiger charge is 2.09. The predicted octanol–water partition coefficient (Wildman–Crippen LogP) is 1.53. The van der Waals surface area contributed by atoms with Crippen molar-refractivity contribution in [1.29, 1.82) is 0 Å². The van der Waals surface area contributed by atoms with Crippen LogP contribution in [-0.4, -0.2) is 29.6 Å². The van der Waals surface area contributed by atoms with Gasteiger partial charge in [-0.15, -0.1) is 0 Å². The molecular weight excluding hydrogens is 330 g/mol. The molecule has 0 saturated carbocycles. The number of urea groups is 1. The smallest absolute Gasteiger partial charge is 0.335 e. The topological polar surface area (TPSA) is 122 Å². The first kappa shape index (κ1) is 16.0. The number of carboxylic acids is 1. The maximum atomic E-state index is 11.6. The first-order valence-corrected chi connectivity index (χ1v) is 6.55. The van der Waals surface area contributed by atoms with Crippen LogP contribution >= 0.6 is 15.9 Å². The van der Waals surface area contributed by atoms with E-state index in [0.717, 1.165) is 0 Å². The first-order chi connectivity index (χ1) is 9.40. The van der Waals surface area contributed by atoms with Crippen molar-refractivity contribution >= 4 is 39.5 Å². The fourth-order valence-corrected chi connectivity index (χ4v) is 1.73. The number of anilines is 1. The molecule has 0 bridgehead atoms. The van der Waals surface area contributed by atoms with Crippen LogP contribution in [0, 0.1) is 0 Å². The van der Waals surface area contributed by atoms with Crippen LogP contribution in [-0.2, 0) is 4.79 Å². The van der Waals surface area contributed by atoms with E-state index in [1.165, 1.54) is 18.2 Å². The van der Waals surface area contributed by atoms with Gasteiger partial charge in [-0.2, -0.15) is 0 Å². The Morgan fingerprint density at radius 1 is 1.30 bits per heavy atom. The van der Waals surface area contributed by atoms with E-state index in [1.54, 1.807) is 0 Å². The van der Waals surface area contributed by atoms with Crippen LogP contribution < -0.4 is 16.4 Å². The van der Waals surface area contributed by atoms with Crippen molar-refractivity contribution in [2.24, 2.45) is 5.73 Å². The van der Waals surface area contributed by atoms with Crippen LogP contribution in [0.1, 0.15) is 23.2 Å². The standard InChI is InChI=1S/C12H14BrN3O4/c13-8-4-3-7(11(18)19)6-9(8)16-12(20)15-5-1-2-10(14)17/h3-4,6H,1-2,5H2,(H2,14,17)(H,18,19)(H2,15,16,20). The molecule has 0 aromatic heterocycles. The van der Waals surface area contributed by atoms with Crippen molar-refractivity contribution in [1.82, 2.24) is 5.32 Å². The lowest BCUT2D eigenvalue weighted by atomic mass is 10.2. The summed E-state index contributed by atoms with van der Waals surface area (Å²) in [5.74, 6) is -1.51. The number of halogens is 1. The Bertz CT molecular complexity index is 533. The number of nitrogens with one attached hydrogen (secondary N) is 2. The van der Waals surface area contributed by atoms with E-state index in [9.17, 15) is 14.4 Å². The van der Waals surface area contributed by atoms with E-state index in [4.69, 9.17) is 10.8 Å². The van der Waals surface area contributed by atoms with Gasteiger partial charge in [0.1, 0.15) is 0 Å². The molecule has 0 saturated heterocycles. The molecule has 0 atom stereocenters. The van der Waals surface area contributed by atoms with Crippen molar-refractivity contribution in [3.05, 3.63) is 28.2 Å². The zero-order valence-electron chi connectivity index (χ0n) is 10.5. The molecule has 1 aromatic carbocycles. The summed E-state index contributed by atoms with van der Waals surface area (Å²) in [7, 11) is 0. The van der Waals surface area contributed by atoms with Crippen LogP contribution in [0.4, 0.5) is 10.5 Å². The largest absolute Gasteiger partial charge is 0.478 e. The van der Waals surface area contributed by atoms with E-state index in [1.807, 2.05) is 0 Å². The van der Waals surface area contributed by atoms with Crippen LogP contribution in [0.25, 0.3) is 0 Å². The molecule has 20 heavy (non-hydrogen) atoms. The number of hydrogen-bond donors (Lipinski definition) is 4. The zero-order valence-corrected chi connectivity index (χ0v) is 12.1. The van der Waals surface area contributed by atoms with E-state index < -0.39 is 17.9 Å². The molecule has 1 aromatic rings. The molecule has 0 fully saturated rings. The molecule has 0 aliphatic rings. The summed E-state index contributed by atoms with van der Waals surface area (Å²) in [5.41, 5.74) is 5.38.